The Morgan fingerprint density at radius 2 is 2.25 bits per heavy atom. The second kappa shape index (κ2) is 5.21. The number of nitriles is 1. The van der Waals surface area contributed by atoms with Crippen molar-refractivity contribution in [2.75, 3.05) is 7.11 Å². The van der Waals surface area contributed by atoms with Crippen molar-refractivity contribution in [3.8, 4) is 6.07 Å². The second-order valence-electron chi connectivity index (χ2n) is 3.03. The summed E-state index contributed by atoms with van der Waals surface area (Å²) in [5.74, 6) is -0.949. The molecule has 0 radical (unpaired) electrons. The minimum Gasteiger partial charge on any atom is -0.467 e. The molecule has 2 N–H and O–H groups in total. The molecule has 0 aliphatic heterocycles. The van der Waals surface area contributed by atoms with Crippen LogP contribution in [-0.4, -0.2) is 34.4 Å². The molecule has 84 valence electrons. The second-order valence-corrected chi connectivity index (χ2v) is 3.03. The van der Waals surface area contributed by atoms with Crippen LogP contribution in [0, 0.1) is 11.3 Å². The summed E-state index contributed by atoms with van der Waals surface area (Å²) >= 11 is 0. The summed E-state index contributed by atoms with van der Waals surface area (Å²) in [6.45, 7) is 0. The third kappa shape index (κ3) is 2.53. The fourth-order valence-corrected chi connectivity index (χ4v) is 1.11. The lowest BCUT2D eigenvalue weighted by molar-refractivity contribution is -0.156. The average molecular weight is 222 g/mol. The molecule has 6 heteroatoms. The van der Waals surface area contributed by atoms with Crippen LogP contribution in [0.15, 0.2) is 18.5 Å². The predicted octanol–water partition coefficient (Wildman–Crippen LogP) is -0.479. The number of ether oxygens (including phenoxy) is 1. The molecule has 1 heterocycles. The van der Waals surface area contributed by atoms with E-state index in [0.717, 1.165) is 7.11 Å². The number of hydrogen-bond acceptors (Lipinski definition) is 6. The number of methoxy groups -OCH3 is 1. The minimum absolute atomic E-state index is 0.178. The maximum atomic E-state index is 11.0. The van der Waals surface area contributed by atoms with E-state index in [1.807, 2.05) is 6.07 Å². The standard InChI is InChI=1S/C10H10N2O4/c1-16-10(15)9(14)8(13)7-2-6(3-11)4-12-5-7/h2,4-5,8-9,13-14H,1H3. The topological polar surface area (TPSA) is 103 Å². The third-order valence-corrected chi connectivity index (χ3v) is 1.97. The van der Waals surface area contributed by atoms with Gasteiger partial charge in [0.25, 0.3) is 0 Å². The number of aliphatic hydroxyl groups is 2. The molecule has 0 fully saturated rings. The Bertz CT molecular complexity index is 427. The molecule has 0 spiro atoms. The van der Waals surface area contributed by atoms with Crippen LogP contribution in [0.2, 0.25) is 0 Å². The highest BCUT2D eigenvalue weighted by Crippen LogP contribution is 2.17. The van der Waals surface area contributed by atoms with Gasteiger partial charge in [-0.1, -0.05) is 0 Å². The van der Waals surface area contributed by atoms with Gasteiger partial charge in [-0.3, -0.25) is 4.98 Å². The van der Waals surface area contributed by atoms with Crippen molar-refractivity contribution < 1.29 is 19.7 Å². The zero-order valence-corrected chi connectivity index (χ0v) is 8.49. The van der Waals surface area contributed by atoms with Crippen molar-refractivity contribution in [3.63, 3.8) is 0 Å². The van der Waals surface area contributed by atoms with Crippen LogP contribution >= 0.6 is 0 Å². The zero-order chi connectivity index (χ0) is 12.1. The van der Waals surface area contributed by atoms with Gasteiger partial charge in [-0.15, -0.1) is 0 Å². The van der Waals surface area contributed by atoms with Gasteiger partial charge in [0.2, 0.25) is 0 Å². The molecule has 6 nitrogen and oxygen atoms in total. The average Bonchev–Trinajstić information content (AvgIpc) is 2.36. The van der Waals surface area contributed by atoms with Crippen molar-refractivity contribution in [2.45, 2.75) is 12.2 Å². The fraction of sp³-hybridized carbons (Fsp3) is 0.300. The minimum atomic E-state index is -1.69. The summed E-state index contributed by atoms with van der Waals surface area (Å²) in [4.78, 5) is 14.7. The van der Waals surface area contributed by atoms with Crippen LogP contribution in [0.1, 0.15) is 17.2 Å². The first kappa shape index (κ1) is 12.1. The lowest BCUT2D eigenvalue weighted by Gasteiger charge is -2.15. The number of pyridine rings is 1. The first-order valence-corrected chi connectivity index (χ1v) is 4.39. The van der Waals surface area contributed by atoms with Crippen molar-refractivity contribution in [1.29, 1.82) is 5.26 Å². The molecule has 0 aromatic carbocycles. The van der Waals surface area contributed by atoms with Crippen LogP contribution in [-0.2, 0) is 9.53 Å². The molecule has 0 saturated heterocycles. The summed E-state index contributed by atoms with van der Waals surface area (Å²) in [5.41, 5.74) is 0.408. The Morgan fingerprint density at radius 1 is 1.56 bits per heavy atom. The van der Waals surface area contributed by atoms with Gasteiger partial charge in [0.1, 0.15) is 12.2 Å². The van der Waals surface area contributed by atoms with Gasteiger partial charge in [0.05, 0.1) is 12.7 Å². The molecule has 16 heavy (non-hydrogen) atoms. The number of carbonyl (C=O) groups is 1. The number of aromatic nitrogens is 1. The Kier molecular flexibility index (Phi) is 3.94. The summed E-state index contributed by atoms with van der Waals surface area (Å²) in [5, 5.41) is 27.6. The van der Waals surface area contributed by atoms with Gasteiger partial charge >= 0.3 is 5.97 Å². The number of rotatable bonds is 3. The van der Waals surface area contributed by atoms with Gasteiger partial charge in [0, 0.05) is 18.0 Å². The molecular formula is C10H10N2O4. The highest BCUT2D eigenvalue weighted by atomic mass is 16.5. The van der Waals surface area contributed by atoms with Gasteiger partial charge in [-0.2, -0.15) is 5.26 Å². The quantitative estimate of drug-likeness (QED) is 0.669. The molecule has 2 unspecified atom stereocenters. The number of nitrogens with zero attached hydrogens (tertiary/aromatic N) is 2. The smallest absolute Gasteiger partial charge is 0.337 e. The van der Waals surface area contributed by atoms with Crippen molar-refractivity contribution in [1.82, 2.24) is 4.98 Å². The molecule has 0 aliphatic carbocycles. The van der Waals surface area contributed by atoms with Crippen LogP contribution in [0.25, 0.3) is 0 Å². The monoisotopic (exact) mass is 222 g/mol. The number of aliphatic hydroxyl groups excluding tert-OH is 2. The first-order chi connectivity index (χ1) is 7.60. The fourth-order valence-electron chi connectivity index (χ4n) is 1.11. The Morgan fingerprint density at radius 3 is 2.81 bits per heavy atom. The van der Waals surface area contributed by atoms with E-state index in [4.69, 9.17) is 5.26 Å². The molecule has 0 amide bonds. The molecular weight excluding hydrogens is 212 g/mol. The van der Waals surface area contributed by atoms with E-state index in [9.17, 15) is 15.0 Å². The molecule has 0 saturated carbocycles. The van der Waals surface area contributed by atoms with E-state index in [-0.39, 0.29) is 11.1 Å². The molecule has 1 rings (SSSR count). The van der Waals surface area contributed by atoms with E-state index in [2.05, 4.69) is 9.72 Å². The largest absolute Gasteiger partial charge is 0.467 e. The summed E-state index contributed by atoms with van der Waals surface area (Å²) < 4.78 is 4.28. The predicted molar refractivity (Wildman–Crippen MR) is 51.9 cm³/mol. The number of carbonyl (C=O) groups excluding carboxylic acids is 1. The number of hydrogen-bond donors (Lipinski definition) is 2. The Hall–Kier alpha value is -1.97. The highest BCUT2D eigenvalue weighted by molar-refractivity contribution is 5.75. The summed E-state index contributed by atoms with van der Waals surface area (Å²) in [6.07, 6.45) is -0.590. The van der Waals surface area contributed by atoms with Crippen molar-refractivity contribution in [3.05, 3.63) is 29.6 Å². The normalized spacial score (nSPS) is 13.6. The SMILES string of the molecule is COC(=O)C(O)C(O)c1cncc(C#N)c1. The third-order valence-electron chi connectivity index (χ3n) is 1.97. The maximum absolute atomic E-state index is 11.0. The van der Waals surface area contributed by atoms with E-state index < -0.39 is 18.2 Å². The van der Waals surface area contributed by atoms with Crippen LogP contribution in [0.3, 0.4) is 0 Å². The Labute approximate surface area is 91.7 Å². The van der Waals surface area contributed by atoms with E-state index >= 15 is 0 Å². The first-order valence-electron chi connectivity index (χ1n) is 4.39. The number of esters is 1. The van der Waals surface area contributed by atoms with E-state index in [1.165, 1.54) is 18.5 Å². The maximum Gasteiger partial charge on any atom is 0.337 e. The molecule has 1 aromatic rings. The van der Waals surface area contributed by atoms with E-state index in [1.54, 1.807) is 0 Å². The molecule has 0 bridgehead atoms. The van der Waals surface area contributed by atoms with Gasteiger partial charge in [-0.05, 0) is 6.07 Å². The Balaban J connectivity index is 2.92. The lowest BCUT2D eigenvalue weighted by Crippen LogP contribution is -2.29. The van der Waals surface area contributed by atoms with Crippen LogP contribution in [0.4, 0.5) is 0 Å². The van der Waals surface area contributed by atoms with Crippen molar-refractivity contribution in [2.24, 2.45) is 0 Å². The van der Waals surface area contributed by atoms with Crippen molar-refractivity contribution >= 4 is 5.97 Å². The molecule has 1 aromatic heterocycles. The van der Waals surface area contributed by atoms with Gasteiger partial charge < -0.3 is 14.9 Å². The summed E-state index contributed by atoms with van der Waals surface area (Å²) in [7, 11) is 1.10. The van der Waals surface area contributed by atoms with Crippen LogP contribution < -0.4 is 0 Å². The zero-order valence-electron chi connectivity index (χ0n) is 8.49. The molecule has 2 atom stereocenters. The van der Waals surface area contributed by atoms with E-state index in [0.29, 0.717) is 0 Å². The van der Waals surface area contributed by atoms with Gasteiger partial charge in [-0.25, -0.2) is 4.79 Å². The highest BCUT2D eigenvalue weighted by Gasteiger charge is 2.26. The molecule has 0 aliphatic rings. The van der Waals surface area contributed by atoms with Gasteiger partial charge in [0.15, 0.2) is 6.10 Å². The lowest BCUT2D eigenvalue weighted by atomic mass is 10.1. The van der Waals surface area contributed by atoms with Crippen LogP contribution in [0.5, 0.6) is 0 Å². The summed E-state index contributed by atoms with van der Waals surface area (Å²) in [6, 6.07) is 3.17.